The second-order valence-corrected chi connectivity index (χ2v) is 5.07. The van der Waals surface area contributed by atoms with Gasteiger partial charge in [-0.2, -0.15) is 0 Å². The molecule has 3 aromatic heterocycles. The van der Waals surface area contributed by atoms with E-state index in [4.69, 9.17) is 0 Å². The number of benzene rings is 1. The zero-order chi connectivity index (χ0) is 11.2. The molecule has 17 heavy (non-hydrogen) atoms. The monoisotopic (exact) mass is 236 g/mol. The van der Waals surface area contributed by atoms with Gasteiger partial charge in [-0.1, -0.05) is 18.2 Å². The topological polar surface area (TPSA) is 25.8 Å². The SMILES string of the molecule is c1ccc2c(c1)sc1cnc3cnccc3c12. The van der Waals surface area contributed by atoms with E-state index in [1.54, 1.807) is 11.3 Å². The maximum Gasteiger partial charge on any atom is 0.0892 e. The van der Waals surface area contributed by atoms with Crippen LogP contribution in [0.1, 0.15) is 0 Å². The Labute approximate surface area is 102 Å². The molecule has 0 aliphatic rings. The van der Waals surface area contributed by atoms with E-state index in [1.807, 2.05) is 24.7 Å². The summed E-state index contributed by atoms with van der Waals surface area (Å²) in [6.45, 7) is 0. The van der Waals surface area contributed by atoms with Gasteiger partial charge in [0.25, 0.3) is 0 Å². The lowest BCUT2D eigenvalue weighted by Crippen LogP contribution is -1.80. The third kappa shape index (κ3) is 1.20. The maximum atomic E-state index is 4.45. The molecule has 0 radical (unpaired) electrons. The van der Waals surface area contributed by atoms with Crippen molar-refractivity contribution in [1.82, 2.24) is 9.97 Å². The van der Waals surface area contributed by atoms with Crippen LogP contribution < -0.4 is 0 Å². The van der Waals surface area contributed by atoms with E-state index < -0.39 is 0 Å². The Morgan fingerprint density at radius 3 is 2.82 bits per heavy atom. The number of nitrogens with zero attached hydrogens (tertiary/aromatic N) is 2. The first-order valence-corrected chi connectivity index (χ1v) is 6.25. The molecule has 80 valence electrons. The first-order chi connectivity index (χ1) is 8.43. The second kappa shape index (κ2) is 3.25. The number of fused-ring (bicyclic) bond motifs is 5. The standard InChI is InChI=1S/C14H8N2S/c1-2-4-12-10(3-1)14-9-5-6-15-7-11(9)16-8-13(14)17-12/h1-8H. The first-order valence-electron chi connectivity index (χ1n) is 5.43. The molecule has 3 heterocycles. The van der Waals surface area contributed by atoms with E-state index in [9.17, 15) is 0 Å². The Hall–Kier alpha value is -2.00. The van der Waals surface area contributed by atoms with Gasteiger partial charge in [0.2, 0.25) is 0 Å². The van der Waals surface area contributed by atoms with Crippen molar-refractivity contribution in [2.75, 3.05) is 0 Å². The van der Waals surface area contributed by atoms with E-state index in [2.05, 4.69) is 34.2 Å². The molecule has 0 bridgehead atoms. The van der Waals surface area contributed by atoms with Crippen LogP contribution >= 0.6 is 11.3 Å². The largest absolute Gasteiger partial charge is 0.262 e. The third-order valence-corrected chi connectivity index (χ3v) is 4.12. The predicted molar refractivity (Wildman–Crippen MR) is 72.4 cm³/mol. The number of hydrogen-bond donors (Lipinski definition) is 0. The molecule has 0 saturated heterocycles. The Bertz CT molecular complexity index is 842. The quantitative estimate of drug-likeness (QED) is 0.461. The van der Waals surface area contributed by atoms with Crippen molar-refractivity contribution in [3.63, 3.8) is 0 Å². The van der Waals surface area contributed by atoms with Crippen LogP contribution in [0.25, 0.3) is 31.1 Å². The Balaban J connectivity index is 2.38. The van der Waals surface area contributed by atoms with Gasteiger partial charge in [0.15, 0.2) is 0 Å². The highest BCUT2D eigenvalue weighted by atomic mass is 32.1. The fraction of sp³-hybridized carbons (Fsp3) is 0. The van der Waals surface area contributed by atoms with Crippen molar-refractivity contribution in [1.29, 1.82) is 0 Å². The van der Waals surface area contributed by atoms with Crippen molar-refractivity contribution in [3.05, 3.63) is 48.9 Å². The molecular formula is C14H8N2S. The van der Waals surface area contributed by atoms with Crippen LogP contribution in [0.15, 0.2) is 48.9 Å². The first kappa shape index (κ1) is 9.07. The molecule has 0 amide bonds. The normalized spacial score (nSPS) is 11.5. The smallest absolute Gasteiger partial charge is 0.0892 e. The van der Waals surface area contributed by atoms with Gasteiger partial charge in [0, 0.05) is 33.3 Å². The summed E-state index contributed by atoms with van der Waals surface area (Å²) in [5.74, 6) is 0. The summed E-state index contributed by atoms with van der Waals surface area (Å²) in [5.41, 5.74) is 0.962. The summed E-state index contributed by atoms with van der Waals surface area (Å²) in [5, 5.41) is 3.80. The van der Waals surface area contributed by atoms with E-state index in [0.717, 1.165) is 5.52 Å². The fourth-order valence-electron chi connectivity index (χ4n) is 2.26. The average Bonchev–Trinajstić information content (AvgIpc) is 2.77. The van der Waals surface area contributed by atoms with E-state index >= 15 is 0 Å². The number of thiophene rings is 1. The van der Waals surface area contributed by atoms with Gasteiger partial charge >= 0.3 is 0 Å². The average molecular weight is 236 g/mol. The van der Waals surface area contributed by atoms with Gasteiger partial charge < -0.3 is 0 Å². The van der Waals surface area contributed by atoms with Crippen LogP contribution in [-0.2, 0) is 0 Å². The number of aromatic nitrogens is 2. The van der Waals surface area contributed by atoms with Gasteiger partial charge in [-0.05, 0) is 12.1 Å². The highest BCUT2D eigenvalue weighted by Gasteiger charge is 2.08. The molecule has 0 N–H and O–H groups in total. The van der Waals surface area contributed by atoms with Crippen LogP contribution in [0.3, 0.4) is 0 Å². The molecule has 4 aromatic rings. The summed E-state index contributed by atoms with van der Waals surface area (Å²) in [6.07, 6.45) is 5.60. The Morgan fingerprint density at radius 2 is 1.82 bits per heavy atom. The number of hydrogen-bond acceptors (Lipinski definition) is 3. The van der Waals surface area contributed by atoms with E-state index in [0.29, 0.717) is 0 Å². The van der Waals surface area contributed by atoms with E-state index in [1.165, 1.54) is 25.6 Å². The molecule has 0 spiro atoms. The summed E-state index contributed by atoms with van der Waals surface area (Å²) >= 11 is 1.79. The van der Waals surface area contributed by atoms with Crippen LogP contribution in [-0.4, -0.2) is 9.97 Å². The highest BCUT2D eigenvalue weighted by Crippen LogP contribution is 2.36. The summed E-state index contributed by atoms with van der Waals surface area (Å²) in [6, 6.07) is 10.5. The molecule has 0 fully saturated rings. The molecule has 1 aromatic carbocycles. The van der Waals surface area contributed by atoms with Gasteiger partial charge in [-0.15, -0.1) is 11.3 Å². The van der Waals surface area contributed by atoms with Crippen LogP contribution in [0.4, 0.5) is 0 Å². The maximum absolute atomic E-state index is 4.45. The van der Waals surface area contributed by atoms with Crippen LogP contribution in [0.2, 0.25) is 0 Å². The third-order valence-electron chi connectivity index (χ3n) is 3.01. The fourth-order valence-corrected chi connectivity index (χ4v) is 3.35. The van der Waals surface area contributed by atoms with Gasteiger partial charge in [-0.25, -0.2) is 0 Å². The molecular weight excluding hydrogens is 228 g/mol. The predicted octanol–water partition coefficient (Wildman–Crippen LogP) is 4.00. The summed E-state index contributed by atoms with van der Waals surface area (Å²) < 4.78 is 2.55. The molecule has 2 nitrogen and oxygen atoms in total. The lowest BCUT2D eigenvalue weighted by molar-refractivity contribution is 1.33. The van der Waals surface area contributed by atoms with E-state index in [-0.39, 0.29) is 0 Å². The summed E-state index contributed by atoms with van der Waals surface area (Å²) in [7, 11) is 0. The van der Waals surface area contributed by atoms with Crippen molar-refractivity contribution < 1.29 is 0 Å². The number of pyridine rings is 2. The minimum atomic E-state index is 0.962. The highest BCUT2D eigenvalue weighted by molar-refractivity contribution is 7.26. The van der Waals surface area contributed by atoms with Gasteiger partial charge in [0.1, 0.15) is 0 Å². The lowest BCUT2D eigenvalue weighted by Gasteiger charge is -1.98. The zero-order valence-corrected chi connectivity index (χ0v) is 9.74. The van der Waals surface area contributed by atoms with Crippen molar-refractivity contribution in [2.45, 2.75) is 0 Å². The van der Waals surface area contributed by atoms with Crippen molar-refractivity contribution in [2.24, 2.45) is 0 Å². The van der Waals surface area contributed by atoms with Crippen molar-refractivity contribution >= 4 is 42.4 Å². The molecule has 0 unspecified atom stereocenters. The lowest BCUT2D eigenvalue weighted by atomic mass is 10.1. The van der Waals surface area contributed by atoms with Crippen LogP contribution in [0, 0.1) is 0 Å². The van der Waals surface area contributed by atoms with Crippen molar-refractivity contribution in [3.8, 4) is 0 Å². The molecule has 3 heteroatoms. The Morgan fingerprint density at radius 1 is 0.882 bits per heavy atom. The second-order valence-electron chi connectivity index (χ2n) is 3.99. The summed E-state index contributed by atoms with van der Waals surface area (Å²) in [4.78, 5) is 8.58. The molecule has 0 saturated carbocycles. The zero-order valence-electron chi connectivity index (χ0n) is 8.92. The van der Waals surface area contributed by atoms with Crippen LogP contribution in [0.5, 0.6) is 0 Å². The molecule has 0 aliphatic heterocycles. The minimum Gasteiger partial charge on any atom is -0.262 e. The number of rotatable bonds is 0. The molecule has 0 atom stereocenters. The molecule has 0 aliphatic carbocycles. The van der Waals surface area contributed by atoms with Gasteiger partial charge in [0.05, 0.1) is 16.4 Å². The molecule has 4 rings (SSSR count). The minimum absolute atomic E-state index is 0.962. The van der Waals surface area contributed by atoms with Gasteiger partial charge in [-0.3, -0.25) is 9.97 Å². The Kier molecular flexibility index (Phi) is 1.73.